The van der Waals surface area contributed by atoms with Crippen LogP contribution in [0.1, 0.15) is 22.8 Å². The summed E-state index contributed by atoms with van der Waals surface area (Å²) >= 11 is 11.8. The molecule has 3 aromatic rings. The average molecular weight is 487 g/mol. The van der Waals surface area contributed by atoms with E-state index in [1.165, 1.54) is 12.3 Å². The zero-order valence-corrected chi connectivity index (χ0v) is 19.1. The highest BCUT2D eigenvalue weighted by molar-refractivity contribution is 6.35. The van der Waals surface area contributed by atoms with Crippen LogP contribution in [0.4, 0.5) is 0 Å². The molecule has 0 saturated heterocycles. The van der Waals surface area contributed by atoms with E-state index in [4.69, 9.17) is 37.4 Å². The van der Waals surface area contributed by atoms with Crippen LogP contribution in [0.2, 0.25) is 10.0 Å². The summed E-state index contributed by atoms with van der Waals surface area (Å²) in [6.45, 7) is 1.91. The molecule has 0 aliphatic heterocycles. The van der Waals surface area contributed by atoms with Crippen molar-refractivity contribution in [1.82, 2.24) is 5.43 Å². The molecule has 0 atom stereocenters. The van der Waals surface area contributed by atoms with Gasteiger partial charge in [-0.2, -0.15) is 5.10 Å². The Kier molecular flexibility index (Phi) is 8.69. The average Bonchev–Trinajstić information content (AvgIpc) is 2.81. The normalized spacial score (nSPS) is 10.6. The zero-order valence-electron chi connectivity index (χ0n) is 17.6. The van der Waals surface area contributed by atoms with Crippen molar-refractivity contribution >= 4 is 41.3 Å². The van der Waals surface area contributed by atoms with Crippen molar-refractivity contribution in [3.63, 3.8) is 0 Å². The first kappa shape index (κ1) is 24.1. The summed E-state index contributed by atoms with van der Waals surface area (Å²) in [4.78, 5) is 24.3. The number of hydrazone groups is 1. The molecule has 0 bridgehead atoms. The second-order valence-electron chi connectivity index (χ2n) is 6.55. The van der Waals surface area contributed by atoms with E-state index < -0.39 is 11.9 Å². The monoisotopic (exact) mass is 486 g/mol. The summed E-state index contributed by atoms with van der Waals surface area (Å²) in [6, 6.07) is 18.3. The Hall–Kier alpha value is -3.55. The molecule has 0 unspecified atom stereocenters. The Bertz CT molecular complexity index is 1150. The van der Waals surface area contributed by atoms with E-state index >= 15 is 0 Å². The summed E-state index contributed by atoms with van der Waals surface area (Å²) in [5, 5.41) is 4.68. The molecule has 0 aromatic heterocycles. The van der Waals surface area contributed by atoms with Crippen LogP contribution in [0, 0.1) is 0 Å². The number of carbonyl (C=O) groups is 2. The number of esters is 1. The van der Waals surface area contributed by atoms with E-state index in [1.54, 1.807) is 54.6 Å². The van der Waals surface area contributed by atoms with Gasteiger partial charge in [0, 0.05) is 5.02 Å². The summed E-state index contributed by atoms with van der Waals surface area (Å²) in [7, 11) is 0. The fourth-order valence-corrected chi connectivity index (χ4v) is 3.10. The largest absolute Gasteiger partial charge is 0.490 e. The summed E-state index contributed by atoms with van der Waals surface area (Å²) in [6.07, 6.45) is 1.43. The van der Waals surface area contributed by atoms with Crippen LogP contribution >= 0.6 is 23.2 Å². The molecular weight excluding hydrogens is 467 g/mol. The number of rotatable bonds is 9. The van der Waals surface area contributed by atoms with E-state index in [2.05, 4.69) is 10.5 Å². The first-order chi connectivity index (χ1) is 16.0. The molecule has 3 rings (SSSR count). The second kappa shape index (κ2) is 11.9. The van der Waals surface area contributed by atoms with E-state index in [0.29, 0.717) is 39.3 Å². The Balaban J connectivity index is 1.59. The predicted molar refractivity (Wildman–Crippen MR) is 127 cm³/mol. The molecule has 0 spiro atoms. The SMILES string of the molecule is CCOc1cc(/C=N\NC(=O)COc2ccc(Cl)cc2Cl)ccc1OC(=O)c1ccccc1. The third-order valence-corrected chi connectivity index (χ3v) is 4.67. The molecular formula is C24H20Cl2N2O5. The number of nitrogens with one attached hydrogen (secondary N) is 1. The lowest BCUT2D eigenvalue weighted by molar-refractivity contribution is -0.123. The number of benzene rings is 3. The molecule has 0 saturated carbocycles. The minimum absolute atomic E-state index is 0.278. The van der Waals surface area contributed by atoms with Crippen molar-refractivity contribution in [2.24, 2.45) is 5.10 Å². The van der Waals surface area contributed by atoms with Crippen LogP contribution in [0.25, 0.3) is 0 Å². The van der Waals surface area contributed by atoms with Crippen molar-refractivity contribution in [3.8, 4) is 17.2 Å². The maximum atomic E-state index is 12.3. The van der Waals surface area contributed by atoms with E-state index in [1.807, 2.05) is 13.0 Å². The highest BCUT2D eigenvalue weighted by Crippen LogP contribution is 2.29. The number of nitrogens with zero attached hydrogens (tertiary/aromatic N) is 1. The molecule has 7 nitrogen and oxygen atoms in total. The molecule has 0 radical (unpaired) electrons. The van der Waals surface area contributed by atoms with Gasteiger partial charge in [0.2, 0.25) is 0 Å². The Labute approximate surface area is 200 Å². The molecule has 1 amide bonds. The quantitative estimate of drug-likeness (QED) is 0.196. The number of amides is 1. The number of halogens is 2. The third-order valence-electron chi connectivity index (χ3n) is 4.14. The van der Waals surface area contributed by atoms with Gasteiger partial charge in [0.1, 0.15) is 5.75 Å². The van der Waals surface area contributed by atoms with Crippen molar-refractivity contribution in [3.05, 3.63) is 87.9 Å². The lowest BCUT2D eigenvalue weighted by Crippen LogP contribution is -2.24. The van der Waals surface area contributed by atoms with Gasteiger partial charge in [0.15, 0.2) is 18.1 Å². The van der Waals surface area contributed by atoms with E-state index in [-0.39, 0.29) is 12.4 Å². The topological polar surface area (TPSA) is 86.2 Å². The van der Waals surface area contributed by atoms with Crippen molar-refractivity contribution < 1.29 is 23.8 Å². The summed E-state index contributed by atoms with van der Waals surface area (Å²) in [5.74, 6) is 0.0156. The molecule has 0 aliphatic carbocycles. The van der Waals surface area contributed by atoms with Crippen LogP contribution in [-0.4, -0.2) is 31.3 Å². The van der Waals surface area contributed by atoms with Crippen LogP contribution in [-0.2, 0) is 4.79 Å². The smallest absolute Gasteiger partial charge is 0.343 e. The van der Waals surface area contributed by atoms with E-state index in [0.717, 1.165) is 0 Å². The van der Waals surface area contributed by atoms with Gasteiger partial charge in [-0.25, -0.2) is 10.2 Å². The van der Waals surface area contributed by atoms with Gasteiger partial charge < -0.3 is 14.2 Å². The summed E-state index contributed by atoms with van der Waals surface area (Å²) < 4.78 is 16.4. The van der Waals surface area contributed by atoms with Crippen LogP contribution in [0.5, 0.6) is 17.2 Å². The second-order valence-corrected chi connectivity index (χ2v) is 7.39. The fraction of sp³-hybridized carbons (Fsp3) is 0.125. The maximum absolute atomic E-state index is 12.3. The standard InChI is InChI=1S/C24H20Cl2N2O5/c1-2-31-22-12-16(8-10-21(22)33-24(30)17-6-4-3-5-7-17)14-27-28-23(29)15-32-20-11-9-18(25)13-19(20)26/h3-14H,2,15H2,1H3,(H,28,29)/b27-14-. The lowest BCUT2D eigenvalue weighted by Gasteiger charge is -2.11. The zero-order chi connectivity index (χ0) is 23.6. The molecule has 0 fully saturated rings. The van der Waals surface area contributed by atoms with Gasteiger partial charge in [-0.05, 0) is 61.0 Å². The first-order valence-electron chi connectivity index (χ1n) is 9.90. The van der Waals surface area contributed by atoms with Crippen LogP contribution in [0.15, 0.2) is 71.8 Å². The predicted octanol–water partition coefficient (Wildman–Crippen LogP) is 5.14. The van der Waals surface area contributed by atoms with Crippen molar-refractivity contribution in [1.29, 1.82) is 0 Å². The Morgan fingerprint density at radius 3 is 2.42 bits per heavy atom. The van der Waals surface area contributed by atoms with E-state index in [9.17, 15) is 9.59 Å². The molecule has 3 aromatic carbocycles. The highest BCUT2D eigenvalue weighted by Gasteiger charge is 2.13. The number of hydrogen-bond donors (Lipinski definition) is 1. The minimum atomic E-state index is -0.494. The molecule has 9 heteroatoms. The lowest BCUT2D eigenvalue weighted by atomic mass is 10.2. The number of hydrogen-bond acceptors (Lipinski definition) is 6. The van der Waals surface area contributed by atoms with Crippen molar-refractivity contribution in [2.75, 3.05) is 13.2 Å². The molecule has 170 valence electrons. The van der Waals surface area contributed by atoms with Crippen LogP contribution in [0.3, 0.4) is 0 Å². The van der Waals surface area contributed by atoms with Gasteiger partial charge in [0.05, 0.1) is 23.4 Å². The molecule has 1 N–H and O–H groups in total. The van der Waals surface area contributed by atoms with Gasteiger partial charge >= 0.3 is 5.97 Å². The van der Waals surface area contributed by atoms with Crippen LogP contribution < -0.4 is 19.6 Å². The Morgan fingerprint density at radius 1 is 0.939 bits per heavy atom. The Morgan fingerprint density at radius 2 is 1.70 bits per heavy atom. The first-order valence-corrected chi connectivity index (χ1v) is 10.7. The van der Waals surface area contributed by atoms with Gasteiger partial charge in [-0.15, -0.1) is 0 Å². The summed E-state index contributed by atoms with van der Waals surface area (Å²) in [5.41, 5.74) is 3.41. The number of carbonyl (C=O) groups excluding carboxylic acids is 2. The minimum Gasteiger partial charge on any atom is -0.490 e. The maximum Gasteiger partial charge on any atom is 0.343 e. The number of ether oxygens (including phenoxy) is 3. The molecule has 33 heavy (non-hydrogen) atoms. The molecule has 0 heterocycles. The third kappa shape index (κ3) is 7.24. The van der Waals surface area contributed by atoms with Gasteiger partial charge in [-0.1, -0.05) is 41.4 Å². The van der Waals surface area contributed by atoms with Gasteiger partial charge in [0.25, 0.3) is 5.91 Å². The van der Waals surface area contributed by atoms with Crippen molar-refractivity contribution in [2.45, 2.75) is 6.92 Å². The van der Waals surface area contributed by atoms with Gasteiger partial charge in [-0.3, -0.25) is 4.79 Å². The molecule has 0 aliphatic rings. The highest BCUT2D eigenvalue weighted by atomic mass is 35.5. The fourth-order valence-electron chi connectivity index (χ4n) is 2.64.